The number of carbonyl (C=O) groups excluding carboxylic acids is 2. The zero-order valence-corrected chi connectivity index (χ0v) is 14.9. The van der Waals surface area contributed by atoms with Gasteiger partial charge in [-0.15, -0.1) is 0 Å². The van der Waals surface area contributed by atoms with Gasteiger partial charge in [0.1, 0.15) is 11.5 Å². The minimum atomic E-state index is -0.624. The zero-order chi connectivity index (χ0) is 19.0. The van der Waals surface area contributed by atoms with Gasteiger partial charge in [-0.1, -0.05) is 23.7 Å². The Balaban J connectivity index is 1.62. The van der Waals surface area contributed by atoms with Gasteiger partial charge in [-0.05, 0) is 54.5 Å². The fourth-order valence-corrected chi connectivity index (χ4v) is 2.92. The SMILES string of the molecule is Cc1cc(OC(=O)c2ccco2)cc2c1C(=O)/C(=C/c1ccc(Cl)cc1)O2. The van der Waals surface area contributed by atoms with E-state index in [1.807, 2.05) is 0 Å². The number of ketones is 1. The third-order valence-electron chi connectivity index (χ3n) is 4.04. The van der Waals surface area contributed by atoms with Gasteiger partial charge in [0, 0.05) is 11.1 Å². The van der Waals surface area contributed by atoms with Crippen LogP contribution >= 0.6 is 11.6 Å². The molecule has 0 radical (unpaired) electrons. The molecule has 0 bridgehead atoms. The summed E-state index contributed by atoms with van der Waals surface area (Å²) in [6.07, 6.45) is 3.03. The van der Waals surface area contributed by atoms with E-state index in [0.717, 1.165) is 5.56 Å². The number of ether oxygens (including phenoxy) is 2. The van der Waals surface area contributed by atoms with Crippen molar-refractivity contribution >= 4 is 29.4 Å². The second-order valence-corrected chi connectivity index (χ2v) is 6.41. The number of allylic oxidation sites excluding steroid dienone is 1. The summed E-state index contributed by atoms with van der Waals surface area (Å²) >= 11 is 5.88. The molecule has 27 heavy (non-hydrogen) atoms. The molecule has 0 unspecified atom stereocenters. The van der Waals surface area contributed by atoms with Crippen LogP contribution in [-0.4, -0.2) is 11.8 Å². The van der Waals surface area contributed by atoms with Crippen LogP contribution in [-0.2, 0) is 0 Å². The number of halogens is 1. The van der Waals surface area contributed by atoms with Gasteiger partial charge in [0.2, 0.25) is 11.5 Å². The molecular formula is C21H13ClO5. The second-order valence-electron chi connectivity index (χ2n) is 5.97. The largest absolute Gasteiger partial charge is 0.457 e. The van der Waals surface area contributed by atoms with Crippen LogP contribution in [0.25, 0.3) is 6.08 Å². The van der Waals surface area contributed by atoms with Gasteiger partial charge in [0.05, 0.1) is 11.8 Å². The lowest BCUT2D eigenvalue weighted by Gasteiger charge is -2.06. The summed E-state index contributed by atoms with van der Waals surface area (Å²) < 4.78 is 16.0. The van der Waals surface area contributed by atoms with Crippen LogP contribution < -0.4 is 9.47 Å². The number of furan rings is 1. The number of Topliss-reactive ketones (excluding diaryl/α,β-unsaturated/α-hetero) is 1. The molecule has 2 heterocycles. The average Bonchev–Trinajstić information content (AvgIpc) is 3.26. The fourth-order valence-electron chi connectivity index (χ4n) is 2.80. The molecule has 0 saturated heterocycles. The number of hydrogen-bond acceptors (Lipinski definition) is 5. The monoisotopic (exact) mass is 380 g/mol. The Morgan fingerprint density at radius 2 is 1.93 bits per heavy atom. The Hall–Kier alpha value is -3.31. The molecule has 134 valence electrons. The van der Waals surface area contributed by atoms with Crippen molar-refractivity contribution in [2.75, 3.05) is 0 Å². The van der Waals surface area contributed by atoms with E-state index < -0.39 is 5.97 Å². The molecule has 0 aliphatic carbocycles. The van der Waals surface area contributed by atoms with Crippen LogP contribution in [0.5, 0.6) is 11.5 Å². The normalized spacial score (nSPS) is 14.1. The number of hydrogen-bond donors (Lipinski definition) is 0. The maximum Gasteiger partial charge on any atom is 0.379 e. The highest BCUT2D eigenvalue weighted by Crippen LogP contribution is 2.37. The van der Waals surface area contributed by atoms with Gasteiger partial charge in [0.25, 0.3) is 0 Å². The molecule has 0 fully saturated rings. The van der Waals surface area contributed by atoms with Gasteiger partial charge in [0.15, 0.2) is 5.76 Å². The summed E-state index contributed by atoms with van der Waals surface area (Å²) in [5, 5.41) is 0.609. The Morgan fingerprint density at radius 3 is 2.63 bits per heavy atom. The first kappa shape index (κ1) is 17.1. The molecule has 2 aromatic carbocycles. The van der Waals surface area contributed by atoms with Crippen LogP contribution in [0.1, 0.15) is 32.0 Å². The average molecular weight is 381 g/mol. The van der Waals surface area contributed by atoms with Gasteiger partial charge >= 0.3 is 5.97 Å². The highest BCUT2D eigenvalue weighted by molar-refractivity contribution is 6.30. The van der Waals surface area contributed by atoms with Gasteiger partial charge in [-0.3, -0.25) is 4.79 Å². The number of fused-ring (bicyclic) bond motifs is 1. The van der Waals surface area contributed by atoms with Crippen molar-refractivity contribution in [3.63, 3.8) is 0 Å². The molecule has 4 rings (SSSR count). The van der Waals surface area contributed by atoms with E-state index in [1.165, 1.54) is 18.4 Å². The molecule has 1 aliphatic rings. The smallest absolute Gasteiger partial charge is 0.379 e. The lowest BCUT2D eigenvalue weighted by Crippen LogP contribution is -2.07. The van der Waals surface area contributed by atoms with E-state index in [2.05, 4.69) is 0 Å². The fraction of sp³-hybridized carbons (Fsp3) is 0.0476. The van der Waals surface area contributed by atoms with E-state index in [4.69, 9.17) is 25.5 Å². The molecular weight excluding hydrogens is 368 g/mol. The summed E-state index contributed by atoms with van der Waals surface area (Å²) in [5.41, 5.74) is 1.89. The number of benzene rings is 2. The van der Waals surface area contributed by atoms with E-state index in [0.29, 0.717) is 21.9 Å². The minimum absolute atomic E-state index is 0.0912. The van der Waals surface area contributed by atoms with Crippen molar-refractivity contribution in [2.24, 2.45) is 0 Å². The van der Waals surface area contributed by atoms with Gasteiger partial charge in [-0.25, -0.2) is 4.79 Å². The third kappa shape index (κ3) is 3.37. The maximum absolute atomic E-state index is 12.7. The first-order valence-corrected chi connectivity index (χ1v) is 8.49. The summed E-state index contributed by atoms with van der Waals surface area (Å²) in [7, 11) is 0. The molecule has 3 aromatic rings. The summed E-state index contributed by atoms with van der Waals surface area (Å²) in [5.74, 6) is 0.0658. The predicted octanol–water partition coefficient (Wildman–Crippen LogP) is 5.08. The van der Waals surface area contributed by atoms with Crippen molar-refractivity contribution < 1.29 is 23.5 Å². The minimum Gasteiger partial charge on any atom is -0.457 e. The number of esters is 1. The first-order chi connectivity index (χ1) is 13.0. The molecule has 0 N–H and O–H groups in total. The Morgan fingerprint density at radius 1 is 1.15 bits per heavy atom. The zero-order valence-electron chi connectivity index (χ0n) is 14.2. The molecule has 6 heteroatoms. The van der Waals surface area contributed by atoms with Crippen molar-refractivity contribution in [3.8, 4) is 11.5 Å². The molecule has 0 spiro atoms. The van der Waals surface area contributed by atoms with E-state index in [9.17, 15) is 9.59 Å². The van der Waals surface area contributed by atoms with E-state index in [1.54, 1.807) is 49.4 Å². The first-order valence-electron chi connectivity index (χ1n) is 8.11. The van der Waals surface area contributed by atoms with Crippen LogP contribution in [0.2, 0.25) is 5.02 Å². The second kappa shape index (κ2) is 6.78. The standard InChI is InChI=1S/C21H13ClO5/c1-12-9-15(26-21(24)16-3-2-8-25-16)11-17-19(12)20(23)18(27-17)10-13-4-6-14(22)7-5-13/h2-11H,1H3/b18-10-. The summed E-state index contributed by atoms with van der Waals surface area (Å²) in [6.45, 7) is 1.76. The van der Waals surface area contributed by atoms with Crippen LogP contribution in [0, 0.1) is 6.92 Å². The Labute approximate surface area is 159 Å². The Kier molecular flexibility index (Phi) is 4.30. The topological polar surface area (TPSA) is 65.7 Å². The van der Waals surface area contributed by atoms with Crippen molar-refractivity contribution in [3.05, 3.63) is 88.0 Å². The summed E-state index contributed by atoms with van der Waals surface area (Å²) in [6, 6.07) is 13.3. The quantitative estimate of drug-likeness (QED) is 0.360. The van der Waals surface area contributed by atoms with Crippen LogP contribution in [0.4, 0.5) is 0 Å². The lowest BCUT2D eigenvalue weighted by molar-refractivity contribution is 0.0701. The summed E-state index contributed by atoms with van der Waals surface area (Å²) in [4.78, 5) is 24.7. The van der Waals surface area contributed by atoms with E-state index in [-0.39, 0.29) is 23.1 Å². The molecule has 0 amide bonds. The molecule has 0 saturated carbocycles. The van der Waals surface area contributed by atoms with Crippen molar-refractivity contribution in [1.29, 1.82) is 0 Å². The molecule has 5 nitrogen and oxygen atoms in total. The molecule has 1 aromatic heterocycles. The lowest BCUT2D eigenvalue weighted by atomic mass is 10.0. The van der Waals surface area contributed by atoms with Crippen molar-refractivity contribution in [1.82, 2.24) is 0 Å². The van der Waals surface area contributed by atoms with Crippen LogP contribution in [0.15, 0.2) is 65.0 Å². The maximum atomic E-state index is 12.7. The highest BCUT2D eigenvalue weighted by atomic mass is 35.5. The highest BCUT2D eigenvalue weighted by Gasteiger charge is 2.30. The molecule has 0 atom stereocenters. The Bertz CT molecular complexity index is 1060. The third-order valence-corrected chi connectivity index (χ3v) is 4.30. The molecule has 1 aliphatic heterocycles. The van der Waals surface area contributed by atoms with Gasteiger partial charge < -0.3 is 13.9 Å². The van der Waals surface area contributed by atoms with Crippen LogP contribution in [0.3, 0.4) is 0 Å². The predicted molar refractivity (Wildman–Crippen MR) is 99.2 cm³/mol. The number of rotatable bonds is 3. The van der Waals surface area contributed by atoms with Gasteiger partial charge in [-0.2, -0.15) is 0 Å². The number of carbonyl (C=O) groups is 2. The van der Waals surface area contributed by atoms with Crippen molar-refractivity contribution in [2.45, 2.75) is 6.92 Å². The number of aryl methyl sites for hydroxylation is 1. The van der Waals surface area contributed by atoms with E-state index >= 15 is 0 Å².